The van der Waals surface area contributed by atoms with Gasteiger partial charge >= 0.3 is 0 Å². The van der Waals surface area contributed by atoms with E-state index >= 15 is 0 Å². The van der Waals surface area contributed by atoms with Gasteiger partial charge in [0, 0.05) is 5.70 Å². The highest BCUT2D eigenvalue weighted by Gasteiger charge is 2.11. The molecule has 0 bridgehead atoms. The van der Waals surface area contributed by atoms with Gasteiger partial charge in [0.1, 0.15) is 0 Å². The van der Waals surface area contributed by atoms with Gasteiger partial charge < -0.3 is 5.73 Å². The van der Waals surface area contributed by atoms with Gasteiger partial charge in [0.25, 0.3) is 0 Å². The molecular weight excluding hydrogens is 154 g/mol. The van der Waals surface area contributed by atoms with Gasteiger partial charge in [-0.1, -0.05) is 6.08 Å². The second-order valence-electron chi connectivity index (χ2n) is 3.70. The van der Waals surface area contributed by atoms with Crippen molar-refractivity contribution in [1.29, 1.82) is 0 Å². The van der Waals surface area contributed by atoms with Gasteiger partial charge in [-0.2, -0.15) is 0 Å². The second kappa shape index (κ2) is 2.94. The van der Waals surface area contributed by atoms with Crippen LogP contribution in [0.5, 0.6) is 0 Å². The quantitative estimate of drug-likeness (QED) is 0.643. The summed E-state index contributed by atoms with van der Waals surface area (Å²) in [5.74, 6) is 0. The summed E-state index contributed by atoms with van der Waals surface area (Å²) in [6.45, 7) is 0. The SMILES string of the molecule is CS(C)(C)C1=CCCC(N)=C1. The Morgan fingerprint density at radius 3 is 2.36 bits per heavy atom. The lowest BCUT2D eigenvalue weighted by atomic mass is 10.1. The molecule has 64 valence electrons. The summed E-state index contributed by atoms with van der Waals surface area (Å²) in [4.78, 5) is 1.46. The minimum atomic E-state index is -0.554. The summed E-state index contributed by atoms with van der Waals surface area (Å²) in [5.41, 5.74) is 6.80. The average Bonchev–Trinajstić information content (AvgIpc) is 1.86. The van der Waals surface area contributed by atoms with Crippen LogP contribution < -0.4 is 5.73 Å². The predicted molar refractivity (Wildman–Crippen MR) is 55.0 cm³/mol. The van der Waals surface area contributed by atoms with Crippen LogP contribution in [0.15, 0.2) is 22.8 Å². The average molecular weight is 171 g/mol. The van der Waals surface area contributed by atoms with Crippen molar-refractivity contribution in [3.63, 3.8) is 0 Å². The van der Waals surface area contributed by atoms with E-state index in [1.165, 1.54) is 4.91 Å². The molecule has 0 saturated carbocycles. The Morgan fingerprint density at radius 1 is 1.36 bits per heavy atom. The highest BCUT2D eigenvalue weighted by molar-refractivity contribution is 8.35. The fourth-order valence-corrected chi connectivity index (χ4v) is 2.24. The number of rotatable bonds is 1. The summed E-state index contributed by atoms with van der Waals surface area (Å²) in [5, 5.41) is 0. The number of nitrogens with two attached hydrogens (primary N) is 1. The maximum Gasteiger partial charge on any atom is 0.00941 e. The van der Waals surface area contributed by atoms with E-state index in [0.29, 0.717) is 0 Å². The maximum absolute atomic E-state index is 5.76. The first-order chi connectivity index (χ1) is 5.00. The third kappa shape index (κ3) is 2.29. The number of allylic oxidation sites excluding steroid dienone is 3. The van der Waals surface area contributed by atoms with E-state index in [4.69, 9.17) is 5.73 Å². The molecule has 2 heteroatoms. The third-order valence-electron chi connectivity index (χ3n) is 1.81. The van der Waals surface area contributed by atoms with Gasteiger partial charge in [-0.15, -0.1) is 0 Å². The minimum Gasteiger partial charge on any atom is -0.402 e. The standard InChI is InChI=1S/C9H17NS/c1-11(2,3)9-6-4-5-8(10)7-9/h6-7H,4-5,10H2,1-3H3. The van der Waals surface area contributed by atoms with Crippen LogP contribution in [0.25, 0.3) is 0 Å². The van der Waals surface area contributed by atoms with Crippen LogP contribution in [0.3, 0.4) is 0 Å². The summed E-state index contributed by atoms with van der Waals surface area (Å²) in [6.07, 6.45) is 13.5. The lowest BCUT2D eigenvalue weighted by molar-refractivity contribution is 0.940. The van der Waals surface area contributed by atoms with Gasteiger partial charge in [-0.05, 0) is 42.6 Å². The van der Waals surface area contributed by atoms with E-state index in [0.717, 1.165) is 18.5 Å². The molecule has 0 unspecified atom stereocenters. The van der Waals surface area contributed by atoms with Gasteiger partial charge in [-0.25, -0.2) is 10.0 Å². The van der Waals surface area contributed by atoms with Crippen molar-refractivity contribution in [3.05, 3.63) is 22.8 Å². The van der Waals surface area contributed by atoms with Crippen molar-refractivity contribution >= 4 is 10.0 Å². The largest absolute Gasteiger partial charge is 0.402 e. The molecule has 11 heavy (non-hydrogen) atoms. The monoisotopic (exact) mass is 171 g/mol. The van der Waals surface area contributed by atoms with E-state index in [-0.39, 0.29) is 0 Å². The smallest absolute Gasteiger partial charge is 0.00941 e. The zero-order valence-corrected chi connectivity index (χ0v) is 8.37. The number of hydrogen-bond donors (Lipinski definition) is 1. The molecule has 0 radical (unpaired) electrons. The first-order valence-corrected chi connectivity index (χ1v) is 6.70. The van der Waals surface area contributed by atoms with Crippen molar-refractivity contribution in [3.8, 4) is 0 Å². The maximum atomic E-state index is 5.76. The minimum absolute atomic E-state index is 0.554. The van der Waals surface area contributed by atoms with Crippen LogP contribution in [0.1, 0.15) is 12.8 Å². The van der Waals surface area contributed by atoms with Gasteiger partial charge in [0.2, 0.25) is 0 Å². The highest BCUT2D eigenvalue weighted by atomic mass is 32.3. The Kier molecular flexibility index (Phi) is 2.33. The van der Waals surface area contributed by atoms with E-state index in [1.807, 2.05) is 0 Å². The lowest BCUT2D eigenvalue weighted by Crippen LogP contribution is -2.04. The fraction of sp³-hybridized carbons (Fsp3) is 0.556. The third-order valence-corrected chi connectivity index (χ3v) is 3.51. The molecule has 0 aromatic rings. The first kappa shape index (κ1) is 8.72. The summed E-state index contributed by atoms with van der Waals surface area (Å²) in [6, 6.07) is 0. The normalized spacial score (nSPS) is 20.6. The molecule has 0 aromatic heterocycles. The molecule has 1 nitrogen and oxygen atoms in total. The Bertz CT molecular complexity index is 208. The summed E-state index contributed by atoms with van der Waals surface area (Å²) >= 11 is 0. The van der Waals surface area contributed by atoms with Crippen LogP contribution in [0, 0.1) is 0 Å². The number of hydrogen-bond acceptors (Lipinski definition) is 1. The zero-order chi connectivity index (χ0) is 8.48. The summed E-state index contributed by atoms with van der Waals surface area (Å²) in [7, 11) is -0.554. The molecule has 0 spiro atoms. The van der Waals surface area contributed by atoms with Gasteiger partial charge in [0.15, 0.2) is 0 Å². The molecule has 2 N–H and O–H groups in total. The molecule has 0 aliphatic heterocycles. The molecule has 1 aliphatic carbocycles. The first-order valence-electron chi connectivity index (χ1n) is 3.85. The predicted octanol–water partition coefficient (Wildman–Crippen LogP) is 2.20. The van der Waals surface area contributed by atoms with E-state index in [9.17, 15) is 0 Å². The van der Waals surface area contributed by atoms with Crippen LogP contribution in [-0.4, -0.2) is 18.8 Å². The van der Waals surface area contributed by atoms with E-state index in [1.54, 1.807) is 0 Å². The van der Waals surface area contributed by atoms with Crippen LogP contribution in [-0.2, 0) is 0 Å². The Hall–Kier alpha value is -0.370. The van der Waals surface area contributed by atoms with Crippen molar-refractivity contribution in [2.75, 3.05) is 18.8 Å². The molecule has 0 aromatic carbocycles. The molecule has 0 atom stereocenters. The van der Waals surface area contributed by atoms with E-state index < -0.39 is 10.0 Å². The molecule has 0 fully saturated rings. The Balaban J connectivity index is 2.82. The molecule has 1 rings (SSSR count). The van der Waals surface area contributed by atoms with Gasteiger partial charge in [-0.3, -0.25) is 0 Å². The second-order valence-corrected chi connectivity index (χ2v) is 7.85. The summed E-state index contributed by atoms with van der Waals surface area (Å²) < 4.78 is 0. The van der Waals surface area contributed by atoms with Crippen molar-refractivity contribution in [2.24, 2.45) is 5.73 Å². The van der Waals surface area contributed by atoms with Crippen molar-refractivity contribution in [1.82, 2.24) is 0 Å². The zero-order valence-electron chi connectivity index (χ0n) is 7.55. The van der Waals surface area contributed by atoms with Crippen molar-refractivity contribution in [2.45, 2.75) is 12.8 Å². The molecule has 1 aliphatic rings. The lowest BCUT2D eigenvalue weighted by Gasteiger charge is -2.29. The highest BCUT2D eigenvalue weighted by Crippen LogP contribution is 2.46. The topological polar surface area (TPSA) is 26.0 Å². The molecule has 0 amide bonds. The van der Waals surface area contributed by atoms with Gasteiger partial charge in [0.05, 0.1) is 0 Å². The van der Waals surface area contributed by atoms with Crippen LogP contribution >= 0.6 is 10.0 Å². The van der Waals surface area contributed by atoms with E-state index in [2.05, 4.69) is 30.9 Å². The van der Waals surface area contributed by atoms with Crippen LogP contribution in [0.4, 0.5) is 0 Å². The Labute approximate surface area is 70.7 Å². The fourth-order valence-electron chi connectivity index (χ4n) is 1.12. The molecule has 0 saturated heterocycles. The van der Waals surface area contributed by atoms with Crippen molar-refractivity contribution < 1.29 is 0 Å². The molecular formula is C9H17NS. The molecule has 0 heterocycles. The van der Waals surface area contributed by atoms with Crippen LogP contribution in [0.2, 0.25) is 0 Å². The Morgan fingerprint density at radius 2 is 2.00 bits per heavy atom.